The summed E-state index contributed by atoms with van der Waals surface area (Å²) in [6, 6.07) is 6.91. The Morgan fingerprint density at radius 2 is 1.92 bits per heavy atom. The third-order valence-electron chi connectivity index (χ3n) is 6.51. The van der Waals surface area contributed by atoms with Crippen LogP contribution in [0.2, 0.25) is 0 Å². The number of methoxy groups -OCH3 is 1. The summed E-state index contributed by atoms with van der Waals surface area (Å²) >= 11 is 0. The van der Waals surface area contributed by atoms with E-state index in [0.717, 1.165) is 36.6 Å². The number of hydrogen-bond donors (Lipinski definition) is 0. The van der Waals surface area contributed by atoms with Crippen LogP contribution in [0.4, 0.5) is 4.39 Å². The predicted molar refractivity (Wildman–Crippen MR) is 94.6 cm³/mol. The molecular weight excluding hydrogens is 317 g/mol. The van der Waals surface area contributed by atoms with Crippen molar-refractivity contribution in [1.29, 1.82) is 0 Å². The molecule has 4 rings (SSSR count). The number of carbonyl (C=O) groups excluding carboxylic acids is 1. The fraction of sp³-hybridized carbons (Fsp3) is 0.524. The summed E-state index contributed by atoms with van der Waals surface area (Å²) in [5, 5.41) is 0.951. The first-order chi connectivity index (χ1) is 12.1. The van der Waals surface area contributed by atoms with Crippen LogP contribution in [0.25, 0.3) is 10.9 Å². The lowest BCUT2D eigenvalue weighted by atomic mass is 9.86. The molecule has 0 amide bonds. The zero-order valence-corrected chi connectivity index (χ0v) is 14.7. The van der Waals surface area contributed by atoms with Crippen molar-refractivity contribution >= 4 is 16.9 Å². The molecule has 2 aromatic rings. The first kappa shape index (κ1) is 16.5. The number of fused-ring (bicyclic) bond motifs is 2. The maximum absolute atomic E-state index is 13.7. The van der Waals surface area contributed by atoms with Crippen molar-refractivity contribution in [2.75, 3.05) is 7.11 Å². The number of nitrogens with zero attached hydrogens (tertiary/aromatic N) is 1. The number of pyridine rings is 1. The number of hydrogen-bond acceptors (Lipinski definition) is 3. The van der Waals surface area contributed by atoms with E-state index in [1.54, 1.807) is 12.1 Å². The Balaban J connectivity index is 1.52. The van der Waals surface area contributed by atoms with Crippen molar-refractivity contribution in [3.05, 3.63) is 41.8 Å². The Hall–Kier alpha value is -1.97. The molecule has 2 saturated carbocycles. The first-order valence-electron chi connectivity index (χ1n) is 9.18. The van der Waals surface area contributed by atoms with Crippen LogP contribution in [0.15, 0.2) is 30.5 Å². The molecule has 0 spiro atoms. The Labute approximate surface area is 147 Å². The Morgan fingerprint density at radius 1 is 1.20 bits per heavy atom. The van der Waals surface area contributed by atoms with Gasteiger partial charge in [0.1, 0.15) is 5.82 Å². The van der Waals surface area contributed by atoms with E-state index in [-0.39, 0.29) is 17.7 Å². The van der Waals surface area contributed by atoms with Gasteiger partial charge in [0, 0.05) is 11.6 Å². The van der Waals surface area contributed by atoms with Crippen LogP contribution in [-0.2, 0) is 9.53 Å². The minimum Gasteiger partial charge on any atom is -0.469 e. The summed E-state index contributed by atoms with van der Waals surface area (Å²) in [5.41, 5.74) is 2.10. The lowest BCUT2D eigenvalue weighted by Crippen LogP contribution is -2.21. The molecule has 3 nitrogen and oxygen atoms in total. The highest BCUT2D eigenvalue weighted by Crippen LogP contribution is 2.54. The van der Waals surface area contributed by atoms with Crippen molar-refractivity contribution in [3.63, 3.8) is 0 Å². The number of aromatic nitrogens is 1. The third-order valence-corrected chi connectivity index (χ3v) is 6.51. The molecule has 1 aromatic carbocycles. The zero-order chi connectivity index (χ0) is 17.6. The molecular formula is C21H24FNO2. The largest absolute Gasteiger partial charge is 0.469 e. The minimum atomic E-state index is -0.202. The van der Waals surface area contributed by atoms with Gasteiger partial charge >= 0.3 is 5.97 Å². The molecule has 0 aliphatic heterocycles. The third kappa shape index (κ3) is 2.92. The molecule has 0 bridgehead atoms. The number of rotatable bonds is 3. The van der Waals surface area contributed by atoms with Crippen molar-refractivity contribution in [2.45, 2.75) is 38.5 Å². The summed E-state index contributed by atoms with van der Waals surface area (Å²) < 4.78 is 18.6. The van der Waals surface area contributed by atoms with Crippen molar-refractivity contribution in [3.8, 4) is 0 Å². The molecule has 0 saturated heterocycles. The summed E-state index contributed by atoms with van der Waals surface area (Å²) in [5.74, 6) is 1.94. The van der Waals surface area contributed by atoms with Gasteiger partial charge < -0.3 is 4.74 Å². The fourth-order valence-electron chi connectivity index (χ4n) is 5.20. The van der Waals surface area contributed by atoms with E-state index in [1.807, 2.05) is 13.1 Å². The van der Waals surface area contributed by atoms with Crippen LogP contribution in [0, 0.1) is 29.5 Å². The number of benzene rings is 1. The van der Waals surface area contributed by atoms with Gasteiger partial charge in [0.15, 0.2) is 0 Å². The lowest BCUT2D eigenvalue weighted by Gasteiger charge is -2.20. The van der Waals surface area contributed by atoms with Crippen LogP contribution in [0.1, 0.15) is 44.1 Å². The van der Waals surface area contributed by atoms with Crippen LogP contribution in [0.5, 0.6) is 0 Å². The second-order valence-electron chi connectivity index (χ2n) is 7.79. The zero-order valence-electron chi connectivity index (χ0n) is 14.7. The van der Waals surface area contributed by atoms with Gasteiger partial charge in [0.2, 0.25) is 0 Å². The molecule has 25 heavy (non-hydrogen) atoms. The van der Waals surface area contributed by atoms with Gasteiger partial charge in [-0.2, -0.15) is 0 Å². The molecule has 2 fully saturated rings. The number of halogens is 1. The quantitative estimate of drug-likeness (QED) is 0.760. The molecule has 5 atom stereocenters. The van der Waals surface area contributed by atoms with E-state index < -0.39 is 0 Å². The van der Waals surface area contributed by atoms with Gasteiger partial charge in [0.05, 0.1) is 18.5 Å². The lowest BCUT2D eigenvalue weighted by molar-refractivity contribution is -0.146. The Morgan fingerprint density at radius 3 is 2.60 bits per heavy atom. The average Bonchev–Trinajstić information content (AvgIpc) is 3.18. The van der Waals surface area contributed by atoms with E-state index >= 15 is 0 Å². The summed E-state index contributed by atoms with van der Waals surface area (Å²) in [4.78, 5) is 16.2. The summed E-state index contributed by atoms with van der Waals surface area (Å²) in [6.45, 7) is 1.99. The van der Waals surface area contributed by atoms with Gasteiger partial charge in [-0.15, -0.1) is 0 Å². The second-order valence-corrected chi connectivity index (χ2v) is 7.79. The molecule has 1 heterocycles. The summed E-state index contributed by atoms with van der Waals surface area (Å²) in [7, 11) is 1.47. The molecule has 1 unspecified atom stereocenters. The van der Waals surface area contributed by atoms with E-state index in [4.69, 9.17) is 4.74 Å². The minimum absolute atomic E-state index is 0.00935. The topological polar surface area (TPSA) is 39.2 Å². The maximum Gasteiger partial charge on any atom is 0.308 e. The molecule has 2 aliphatic rings. The van der Waals surface area contributed by atoms with Crippen molar-refractivity contribution < 1.29 is 13.9 Å². The van der Waals surface area contributed by atoms with E-state index in [1.165, 1.54) is 18.7 Å². The van der Waals surface area contributed by atoms with Gasteiger partial charge in [-0.3, -0.25) is 9.78 Å². The van der Waals surface area contributed by atoms with Gasteiger partial charge in [-0.1, -0.05) is 6.92 Å². The van der Waals surface area contributed by atoms with Crippen molar-refractivity contribution in [2.24, 2.45) is 23.7 Å². The summed E-state index contributed by atoms with van der Waals surface area (Å²) in [6.07, 6.45) is 6.31. The monoisotopic (exact) mass is 341 g/mol. The highest BCUT2D eigenvalue weighted by Gasteiger charge is 2.44. The molecule has 0 N–H and O–H groups in total. The standard InChI is InChI=1S/C21H24FNO2/c1-12(21(24)25-2)13-7-14-9-16(10-15(14)8-13)18-5-6-23-20-4-3-17(22)11-19(18)20/h3-6,11-16H,7-10H2,1-2H3/t12?,13-,14-,15+,16+. The average molecular weight is 341 g/mol. The Kier molecular flexibility index (Phi) is 4.22. The van der Waals surface area contributed by atoms with Crippen LogP contribution in [0.3, 0.4) is 0 Å². The first-order valence-corrected chi connectivity index (χ1v) is 9.18. The predicted octanol–water partition coefficient (Wildman–Crippen LogP) is 4.70. The van der Waals surface area contributed by atoms with Crippen LogP contribution in [-0.4, -0.2) is 18.1 Å². The van der Waals surface area contributed by atoms with Gasteiger partial charge in [0.25, 0.3) is 0 Å². The van der Waals surface area contributed by atoms with Gasteiger partial charge in [-0.05, 0) is 79.2 Å². The smallest absolute Gasteiger partial charge is 0.308 e. The Bertz CT molecular complexity index is 792. The second kappa shape index (κ2) is 6.40. The number of carbonyl (C=O) groups is 1. The molecule has 2 aliphatic carbocycles. The van der Waals surface area contributed by atoms with E-state index in [9.17, 15) is 9.18 Å². The van der Waals surface area contributed by atoms with Gasteiger partial charge in [-0.25, -0.2) is 4.39 Å². The molecule has 1 aromatic heterocycles. The number of esters is 1. The van der Waals surface area contributed by atoms with Crippen LogP contribution >= 0.6 is 0 Å². The highest BCUT2D eigenvalue weighted by molar-refractivity contribution is 5.82. The maximum atomic E-state index is 13.7. The molecule has 0 radical (unpaired) electrons. The fourth-order valence-corrected chi connectivity index (χ4v) is 5.20. The van der Waals surface area contributed by atoms with Crippen molar-refractivity contribution in [1.82, 2.24) is 4.98 Å². The van der Waals surface area contributed by atoms with E-state index in [2.05, 4.69) is 11.1 Å². The molecule has 132 valence electrons. The normalized spacial score (nSPS) is 29.6. The SMILES string of the molecule is COC(=O)C(C)[C@H]1C[C@H]2C[C@@H](c3ccnc4ccc(F)cc34)C[C@H]2C1. The number of ether oxygens (including phenoxy) is 1. The molecule has 4 heteroatoms. The van der Waals surface area contributed by atoms with Crippen LogP contribution < -0.4 is 0 Å². The van der Waals surface area contributed by atoms with E-state index in [0.29, 0.717) is 23.7 Å². The highest BCUT2D eigenvalue weighted by atomic mass is 19.1.